The molecule has 3 aromatic carbocycles. The van der Waals surface area contributed by atoms with E-state index in [4.69, 9.17) is 4.74 Å². The molecule has 0 saturated heterocycles. The van der Waals surface area contributed by atoms with Crippen molar-refractivity contribution in [1.29, 1.82) is 0 Å². The van der Waals surface area contributed by atoms with Gasteiger partial charge in [0.25, 0.3) is 0 Å². The number of rotatable bonds is 3. The third-order valence-electron chi connectivity index (χ3n) is 4.71. The molecule has 4 rings (SSSR count). The van der Waals surface area contributed by atoms with Gasteiger partial charge in [0.15, 0.2) is 15.4 Å². The average Bonchev–Trinajstić information content (AvgIpc) is 2.71. The topological polar surface area (TPSA) is 49.4 Å². The van der Waals surface area contributed by atoms with Gasteiger partial charge in [-0.1, -0.05) is 61.2 Å². The fraction of sp³-hybridized carbons (Fsp3) is 0.0870. The maximum Gasteiger partial charge on any atom is 0.334 e. The summed E-state index contributed by atoms with van der Waals surface area (Å²) >= 11 is -1.35. The van der Waals surface area contributed by atoms with Gasteiger partial charge in [0.1, 0.15) is 0 Å². The number of carbonyl (C=O) groups is 1. The van der Waals surface area contributed by atoms with Crippen molar-refractivity contribution in [3.05, 3.63) is 108 Å². The van der Waals surface area contributed by atoms with Gasteiger partial charge in [0.05, 0.1) is 11.1 Å². The van der Waals surface area contributed by atoms with E-state index in [1.807, 2.05) is 78.9 Å². The molecule has 3 nitrogen and oxygen atoms in total. The van der Waals surface area contributed by atoms with Crippen LogP contribution >= 0.6 is 0 Å². The standard InChI is InChI=1S/C23H18O3S/c1-16(2)22(24)26-23(17-10-4-3-5-11-17)18-12-6-8-14-20(18)27(25)21-15-9-7-13-19(21)23/h3-15H,1H2,2H3. The van der Waals surface area contributed by atoms with Gasteiger partial charge in [-0.05, 0) is 31.2 Å². The number of carbonyl (C=O) groups excluding carboxylic acids is 1. The number of hydrogen-bond acceptors (Lipinski definition) is 3. The predicted octanol–water partition coefficient (Wildman–Crippen LogP) is 4.58. The third kappa shape index (κ3) is 2.69. The summed E-state index contributed by atoms with van der Waals surface area (Å²) in [7, 11) is 0. The number of ether oxygens (including phenoxy) is 1. The number of hydrogen-bond donors (Lipinski definition) is 0. The molecule has 0 unspecified atom stereocenters. The minimum atomic E-state index is -1.35. The normalized spacial score (nSPS) is 20.3. The summed E-state index contributed by atoms with van der Waals surface area (Å²) in [5.74, 6) is -0.490. The van der Waals surface area contributed by atoms with E-state index in [9.17, 15) is 9.35 Å². The van der Waals surface area contributed by atoms with Crippen LogP contribution in [0.3, 0.4) is 0 Å². The van der Waals surface area contributed by atoms with Gasteiger partial charge in [-0.25, -0.2) is 4.79 Å². The number of fused-ring (bicyclic) bond motifs is 2. The lowest BCUT2D eigenvalue weighted by molar-refractivity contribution is -0.148. The maximum absolute atomic E-state index is 13.2. The first-order valence-electron chi connectivity index (χ1n) is 8.61. The van der Waals surface area contributed by atoms with Gasteiger partial charge in [-0.2, -0.15) is 0 Å². The molecule has 3 aromatic rings. The predicted molar refractivity (Wildman–Crippen MR) is 105 cm³/mol. The summed E-state index contributed by atoms with van der Waals surface area (Å²) in [4.78, 5) is 14.0. The molecular formula is C23H18O3S. The van der Waals surface area contributed by atoms with Crippen LogP contribution in [0.4, 0.5) is 0 Å². The Balaban J connectivity index is 2.10. The van der Waals surface area contributed by atoms with Gasteiger partial charge in [0.2, 0.25) is 0 Å². The molecule has 0 aliphatic carbocycles. The maximum atomic E-state index is 13.2. The minimum absolute atomic E-state index is 0.312. The first-order chi connectivity index (χ1) is 13.1. The first kappa shape index (κ1) is 17.6. The van der Waals surface area contributed by atoms with Gasteiger partial charge in [-0.15, -0.1) is 0 Å². The second kappa shape index (κ2) is 6.72. The fourth-order valence-corrected chi connectivity index (χ4v) is 4.95. The van der Waals surface area contributed by atoms with Crippen LogP contribution in [0, 0.1) is 0 Å². The molecule has 1 heterocycles. The molecule has 4 heteroatoms. The second-order valence-electron chi connectivity index (χ2n) is 6.48. The Bertz CT molecular complexity index is 979. The van der Waals surface area contributed by atoms with Crippen LogP contribution in [-0.2, 0) is 26.3 Å². The number of benzene rings is 3. The van der Waals surface area contributed by atoms with E-state index in [1.54, 1.807) is 6.92 Å². The highest BCUT2D eigenvalue weighted by Crippen LogP contribution is 2.50. The van der Waals surface area contributed by atoms with E-state index < -0.39 is 22.7 Å². The molecule has 0 bridgehead atoms. The van der Waals surface area contributed by atoms with Crippen molar-refractivity contribution in [3.8, 4) is 0 Å². The molecule has 0 aromatic heterocycles. The van der Waals surface area contributed by atoms with Crippen molar-refractivity contribution in [1.82, 2.24) is 0 Å². The highest BCUT2D eigenvalue weighted by atomic mass is 32.2. The Morgan fingerprint density at radius 2 is 1.37 bits per heavy atom. The zero-order valence-electron chi connectivity index (χ0n) is 14.8. The first-order valence-corrected chi connectivity index (χ1v) is 9.76. The number of esters is 1. The van der Waals surface area contributed by atoms with Crippen LogP contribution in [0.5, 0.6) is 0 Å². The Labute approximate surface area is 161 Å². The van der Waals surface area contributed by atoms with Gasteiger partial charge in [0, 0.05) is 22.3 Å². The van der Waals surface area contributed by atoms with Crippen molar-refractivity contribution in [2.24, 2.45) is 0 Å². The summed E-state index contributed by atoms with van der Waals surface area (Å²) in [5, 5.41) is 0. The highest BCUT2D eigenvalue weighted by molar-refractivity contribution is 7.91. The van der Waals surface area contributed by atoms with E-state index in [2.05, 4.69) is 6.58 Å². The second-order valence-corrected chi connectivity index (χ2v) is 7.90. The smallest absolute Gasteiger partial charge is 0.334 e. The molecule has 27 heavy (non-hydrogen) atoms. The van der Waals surface area contributed by atoms with Crippen LogP contribution in [0.1, 0.15) is 23.6 Å². The van der Waals surface area contributed by atoms with Crippen LogP contribution in [0.15, 0.2) is 101 Å². The molecule has 1 aliphatic rings. The largest absolute Gasteiger partial charge is 0.606 e. The summed E-state index contributed by atoms with van der Waals surface area (Å²) < 4.78 is 19.4. The van der Waals surface area contributed by atoms with Crippen LogP contribution in [0.25, 0.3) is 0 Å². The van der Waals surface area contributed by atoms with E-state index in [1.165, 1.54) is 0 Å². The summed E-state index contributed by atoms with van der Waals surface area (Å²) in [6, 6.07) is 24.4. The van der Waals surface area contributed by atoms with E-state index >= 15 is 0 Å². The molecule has 0 atom stereocenters. The van der Waals surface area contributed by atoms with E-state index in [0.717, 1.165) is 5.56 Å². The zero-order valence-corrected chi connectivity index (χ0v) is 15.7. The van der Waals surface area contributed by atoms with Gasteiger partial charge < -0.3 is 9.29 Å². The average molecular weight is 374 g/mol. The molecular weight excluding hydrogens is 356 g/mol. The van der Waals surface area contributed by atoms with E-state index in [0.29, 0.717) is 26.5 Å². The van der Waals surface area contributed by atoms with Crippen molar-refractivity contribution in [3.63, 3.8) is 0 Å². The minimum Gasteiger partial charge on any atom is -0.606 e. The fourth-order valence-electron chi connectivity index (χ4n) is 3.48. The Hall–Kier alpha value is -2.82. The van der Waals surface area contributed by atoms with Crippen molar-refractivity contribution in [2.45, 2.75) is 22.3 Å². The van der Waals surface area contributed by atoms with Gasteiger partial charge >= 0.3 is 5.97 Å². The molecule has 0 amide bonds. The molecule has 1 aliphatic heterocycles. The summed E-state index contributed by atoms with van der Waals surface area (Å²) in [5.41, 5.74) is 1.35. The molecule has 0 fully saturated rings. The third-order valence-corrected chi connectivity index (χ3v) is 6.22. The summed E-state index contributed by atoms with van der Waals surface area (Å²) in [6.45, 7) is 5.36. The Morgan fingerprint density at radius 1 is 0.889 bits per heavy atom. The quantitative estimate of drug-likeness (QED) is 0.383. The molecule has 0 N–H and O–H groups in total. The van der Waals surface area contributed by atoms with Crippen LogP contribution < -0.4 is 0 Å². The van der Waals surface area contributed by atoms with Crippen molar-refractivity contribution < 1.29 is 14.1 Å². The van der Waals surface area contributed by atoms with Crippen LogP contribution in [0.2, 0.25) is 0 Å². The zero-order chi connectivity index (χ0) is 19.0. The van der Waals surface area contributed by atoms with Crippen LogP contribution in [-0.4, -0.2) is 10.5 Å². The lowest BCUT2D eigenvalue weighted by Crippen LogP contribution is -2.40. The van der Waals surface area contributed by atoms with E-state index in [-0.39, 0.29) is 0 Å². The SMILES string of the molecule is C=C(C)C(=O)OC1(c2ccccc2)c2ccccc2[S+]([O-])c2ccccc21. The molecule has 0 spiro atoms. The lowest BCUT2D eigenvalue weighted by Gasteiger charge is -2.39. The van der Waals surface area contributed by atoms with Gasteiger partial charge in [-0.3, -0.25) is 0 Å². The lowest BCUT2D eigenvalue weighted by atomic mass is 9.79. The monoisotopic (exact) mass is 374 g/mol. The summed E-state index contributed by atoms with van der Waals surface area (Å²) in [6.07, 6.45) is 0. The molecule has 134 valence electrons. The Morgan fingerprint density at radius 3 is 1.89 bits per heavy atom. The molecule has 0 radical (unpaired) electrons. The van der Waals surface area contributed by atoms with Crippen molar-refractivity contribution in [2.75, 3.05) is 0 Å². The Kier molecular flexibility index (Phi) is 4.38. The molecule has 0 saturated carbocycles. The van der Waals surface area contributed by atoms with Crippen molar-refractivity contribution >= 4 is 17.1 Å². The highest BCUT2D eigenvalue weighted by Gasteiger charge is 2.51.